The highest BCUT2D eigenvalue weighted by Crippen LogP contribution is 2.41. The molecular weight excluding hydrogens is 444 g/mol. The molecule has 2 aromatic carbocycles. The summed E-state index contributed by atoms with van der Waals surface area (Å²) in [6.45, 7) is 6.14. The zero-order chi connectivity index (χ0) is 24.9. The number of hydrogen-bond acceptors (Lipinski definition) is 5. The van der Waals surface area contributed by atoms with Gasteiger partial charge in [0.1, 0.15) is 5.75 Å². The standard InChI is InChI=1S/C28H28N2O5/c1-16-10-17(2)12-21(11-16)29-15-19(13-24(29)31)28(34)35-22-8-5-7-20(14-22)30-26(32)23-9-4-6-18(3)25(23)27(30)33/h4-8,10-12,14,18-19,23,25H,9,13,15H2,1-3H3/t18-,19+,23+,25+/m0/s1. The van der Waals surface area contributed by atoms with E-state index in [2.05, 4.69) is 0 Å². The van der Waals surface area contributed by atoms with Crippen molar-refractivity contribution in [2.75, 3.05) is 16.3 Å². The van der Waals surface area contributed by atoms with E-state index in [4.69, 9.17) is 4.74 Å². The van der Waals surface area contributed by atoms with Crippen LogP contribution in [0.4, 0.5) is 11.4 Å². The second-order valence-corrected chi connectivity index (χ2v) is 9.84. The van der Waals surface area contributed by atoms with Crippen LogP contribution < -0.4 is 14.5 Å². The van der Waals surface area contributed by atoms with E-state index in [1.165, 1.54) is 4.90 Å². The van der Waals surface area contributed by atoms with Gasteiger partial charge in [0.25, 0.3) is 0 Å². The number of benzene rings is 2. The van der Waals surface area contributed by atoms with Gasteiger partial charge in [0.2, 0.25) is 17.7 Å². The topological polar surface area (TPSA) is 84.0 Å². The van der Waals surface area contributed by atoms with Crippen molar-refractivity contribution >= 4 is 35.1 Å². The number of ether oxygens (including phenoxy) is 1. The number of rotatable bonds is 4. The SMILES string of the molecule is Cc1cc(C)cc(N2C[C@H](C(=O)Oc3cccc(N4C(=O)[C@@H]5[C@@H](C)C=CC[C@H]5C4=O)c3)CC2=O)c1. The van der Waals surface area contributed by atoms with E-state index in [-0.39, 0.29) is 54.2 Å². The Hall–Kier alpha value is -3.74. The maximum atomic E-state index is 13.1. The number of fused-ring (bicyclic) bond motifs is 1. The molecule has 1 aliphatic carbocycles. The number of amides is 3. The molecular formula is C28H28N2O5. The Morgan fingerprint density at radius 1 is 0.971 bits per heavy atom. The van der Waals surface area contributed by atoms with Gasteiger partial charge in [0.05, 0.1) is 23.4 Å². The van der Waals surface area contributed by atoms with Crippen LogP contribution in [0.3, 0.4) is 0 Å². The molecule has 2 aromatic rings. The fourth-order valence-corrected chi connectivity index (χ4v) is 5.51. The van der Waals surface area contributed by atoms with Crippen LogP contribution in [-0.4, -0.2) is 30.2 Å². The fourth-order valence-electron chi connectivity index (χ4n) is 5.51. The van der Waals surface area contributed by atoms with Crippen LogP contribution in [0.25, 0.3) is 0 Å². The van der Waals surface area contributed by atoms with E-state index < -0.39 is 11.9 Å². The number of carbonyl (C=O) groups excluding carboxylic acids is 4. The minimum Gasteiger partial charge on any atom is -0.426 e. The molecule has 0 spiro atoms. The number of imide groups is 1. The Kier molecular flexibility index (Phi) is 5.79. The lowest BCUT2D eigenvalue weighted by molar-refractivity contribution is -0.139. The number of hydrogen-bond donors (Lipinski definition) is 0. The molecule has 2 heterocycles. The summed E-state index contributed by atoms with van der Waals surface area (Å²) in [4.78, 5) is 54.5. The lowest BCUT2D eigenvalue weighted by Gasteiger charge is -2.22. The smallest absolute Gasteiger partial charge is 0.316 e. The fraction of sp³-hybridized carbons (Fsp3) is 0.357. The Labute approximate surface area is 204 Å². The van der Waals surface area contributed by atoms with Crippen LogP contribution in [0.2, 0.25) is 0 Å². The van der Waals surface area contributed by atoms with Crippen molar-refractivity contribution in [3.63, 3.8) is 0 Å². The van der Waals surface area contributed by atoms with Gasteiger partial charge in [-0.3, -0.25) is 19.2 Å². The zero-order valence-corrected chi connectivity index (χ0v) is 20.1. The minimum atomic E-state index is -0.600. The molecule has 7 heteroatoms. The number of esters is 1. The van der Waals surface area contributed by atoms with Crippen LogP contribution in [0, 0.1) is 37.5 Å². The van der Waals surface area contributed by atoms with Gasteiger partial charge in [-0.1, -0.05) is 31.2 Å². The first-order valence-corrected chi connectivity index (χ1v) is 12.0. The van der Waals surface area contributed by atoms with Gasteiger partial charge in [-0.15, -0.1) is 0 Å². The summed E-state index contributed by atoms with van der Waals surface area (Å²) in [5.41, 5.74) is 3.27. The first-order chi connectivity index (χ1) is 16.7. The third-order valence-electron chi connectivity index (χ3n) is 7.14. The Morgan fingerprint density at radius 2 is 1.71 bits per heavy atom. The lowest BCUT2D eigenvalue weighted by Crippen LogP contribution is -2.31. The third kappa shape index (κ3) is 4.16. The Morgan fingerprint density at radius 3 is 2.43 bits per heavy atom. The summed E-state index contributed by atoms with van der Waals surface area (Å²) in [7, 11) is 0. The van der Waals surface area contributed by atoms with Gasteiger partial charge in [-0.25, -0.2) is 4.90 Å². The summed E-state index contributed by atoms with van der Waals surface area (Å²) in [5, 5.41) is 0. The predicted molar refractivity (Wildman–Crippen MR) is 131 cm³/mol. The van der Waals surface area contributed by atoms with Gasteiger partial charge in [0.15, 0.2) is 0 Å². The highest BCUT2D eigenvalue weighted by molar-refractivity contribution is 6.22. The molecule has 7 nitrogen and oxygen atoms in total. The maximum Gasteiger partial charge on any atom is 0.316 e. The molecule has 4 atom stereocenters. The summed E-state index contributed by atoms with van der Waals surface area (Å²) in [5.74, 6) is -2.14. The second kappa shape index (κ2) is 8.80. The van der Waals surface area contributed by atoms with Crippen LogP contribution in [0.1, 0.15) is 30.9 Å². The molecule has 2 saturated heterocycles. The number of aryl methyl sites for hydroxylation is 2. The Balaban J connectivity index is 1.30. The molecule has 0 N–H and O–H groups in total. The van der Waals surface area contributed by atoms with E-state index in [0.717, 1.165) is 16.8 Å². The lowest BCUT2D eigenvalue weighted by atomic mass is 9.78. The third-order valence-corrected chi connectivity index (χ3v) is 7.14. The van der Waals surface area contributed by atoms with Crippen LogP contribution in [0.5, 0.6) is 5.75 Å². The summed E-state index contributed by atoms with van der Waals surface area (Å²) in [6, 6.07) is 12.4. The minimum absolute atomic E-state index is 0.00347. The van der Waals surface area contributed by atoms with Crippen molar-refractivity contribution in [2.24, 2.45) is 23.7 Å². The van der Waals surface area contributed by atoms with Crippen molar-refractivity contribution in [1.82, 2.24) is 0 Å². The van der Waals surface area contributed by atoms with Crippen molar-refractivity contribution in [3.8, 4) is 5.75 Å². The predicted octanol–water partition coefficient (Wildman–Crippen LogP) is 3.96. The number of allylic oxidation sites excluding steroid dienone is 2. The molecule has 2 aliphatic heterocycles. The first-order valence-electron chi connectivity index (χ1n) is 12.0. The molecule has 180 valence electrons. The van der Waals surface area contributed by atoms with Gasteiger partial charge >= 0.3 is 5.97 Å². The normalized spacial score (nSPS) is 25.9. The molecule has 35 heavy (non-hydrogen) atoms. The average Bonchev–Trinajstić information content (AvgIpc) is 3.31. The molecule has 0 saturated carbocycles. The van der Waals surface area contributed by atoms with E-state index in [1.807, 2.05) is 51.1 Å². The number of anilines is 2. The van der Waals surface area contributed by atoms with Gasteiger partial charge < -0.3 is 9.64 Å². The van der Waals surface area contributed by atoms with Gasteiger partial charge in [0, 0.05) is 24.7 Å². The highest BCUT2D eigenvalue weighted by atomic mass is 16.5. The number of nitrogens with zero attached hydrogens (tertiary/aromatic N) is 2. The largest absolute Gasteiger partial charge is 0.426 e. The summed E-state index contributed by atoms with van der Waals surface area (Å²) in [6.07, 6.45) is 4.57. The molecule has 0 radical (unpaired) electrons. The molecule has 0 unspecified atom stereocenters. The van der Waals surface area contributed by atoms with Crippen LogP contribution in [0.15, 0.2) is 54.6 Å². The molecule has 0 bridgehead atoms. The van der Waals surface area contributed by atoms with Gasteiger partial charge in [-0.2, -0.15) is 0 Å². The van der Waals surface area contributed by atoms with Gasteiger partial charge in [-0.05, 0) is 61.6 Å². The molecule has 2 fully saturated rings. The number of carbonyl (C=O) groups is 4. The van der Waals surface area contributed by atoms with Crippen LogP contribution in [-0.2, 0) is 19.2 Å². The van der Waals surface area contributed by atoms with E-state index in [0.29, 0.717) is 12.1 Å². The quantitative estimate of drug-likeness (QED) is 0.291. The molecule has 3 aliphatic rings. The monoisotopic (exact) mass is 472 g/mol. The first kappa shape index (κ1) is 23.0. The Bertz CT molecular complexity index is 1250. The zero-order valence-electron chi connectivity index (χ0n) is 20.1. The van der Waals surface area contributed by atoms with Crippen molar-refractivity contribution in [2.45, 2.75) is 33.6 Å². The molecule has 3 amide bonds. The summed E-state index contributed by atoms with van der Waals surface area (Å²) >= 11 is 0. The highest BCUT2D eigenvalue weighted by Gasteiger charge is 2.50. The van der Waals surface area contributed by atoms with E-state index in [9.17, 15) is 19.2 Å². The second-order valence-electron chi connectivity index (χ2n) is 9.84. The van der Waals surface area contributed by atoms with E-state index >= 15 is 0 Å². The van der Waals surface area contributed by atoms with Crippen molar-refractivity contribution in [1.29, 1.82) is 0 Å². The van der Waals surface area contributed by atoms with Crippen molar-refractivity contribution < 1.29 is 23.9 Å². The maximum absolute atomic E-state index is 13.1. The average molecular weight is 473 g/mol. The van der Waals surface area contributed by atoms with E-state index in [1.54, 1.807) is 29.2 Å². The summed E-state index contributed by atoms with van der Waals surface area (Å²) < 4.78 is 5.61. The van der Waals surface area contributed by atoms with Crippen LogP contribution >= 0.6 is 0 Å². The van der Waals surface area contributed by atoms with Crippen molar-refractivity contribution in [3.05, 3.63) is 65.7 Å². The molecule has 5 rings (SSSR count). The molecule has 0 aromatic heterocycles.